The maximum absolute atomic E-state index is 11.8. The molecule has 1 amide bonds. The first-order valence-electron chi connectivity index (χ1n) is 11.8. The van der Waals surface area contributed by atoms with E-state index in [1.165, 1.54) is 11.0 Å². The highest BCUT2D eigenvalue weighted by atomic mass is 19.4. The van der Waals surface area contributed by atoms with E-state index in [0.29, 0.717) is 24.9 Å². The molecule has 0 heterocycles. The number of amides is 1. The summed E-state index contributed by atoms with van der Waals surface area (Å²) in [6.07, 6.45) is -4.31. The molecule has 0 spiro atoms. The Labute approximate surface area is 206 Å². The number of benzene rings is 1. The zero-order chi connectivity index (χ0) is 27.2. The van der Waals surface area contributed by atoms with Crippen LogP contribution in [-0.4, -0.2) is 57.6 Å². The summed E-state index contributed by atoms with van der Waals surface area (Å²) in [4.78, 5) is 33.5. The van der Waals surface area contributed by atoms with E-state index in [1.807, 2.05) is 14.0 Å². The molecule has 0 fully saturated rings. The maximum atomic E-state index is 11.8. The molecule has 10 heteroatoms. The van der Waals surface area contributed by atoms with Crippen LogP contribution < -0.4 is 15.5 Å². The Balaban J connectivity index is 0.000000972. The van der Waals surface area contributed by atoms with E-state index in [9.17, 15) is 27.6 Å². The Morgan fingerprint density at radius 3 is 2.09 bits per heavy atom. The summed E-state index contributed by atoms with van der Waals surface area (Å²) in [5.41, 5.74) is 3.52. The first kappa shape index (κ1) is 32.2. The number of halogens is 3. The summed E-state index contributed by atoms with van der Waals surface area (Å²) in [6.45, 7) is 14.8. The van der Waals surface area contributed by atoms with Crippen LogP contribution >= 0.6 is 0 Å². The lowest BCUT2D eigenvalue weighted by molar-refractivity contribution is -0.173. The van der Waals surface area contributed by atoms with E-state index in [4.69, 9.17) is 4.74 Å². The van der Waals surface area contributed by atoms with E-state index in [-0.39, 0.29) is 18.2 Å². The summed E-state index contributed by atoms with van der Waals surface area (Å²) in [7, 11) is 1.96. The van der Waals surface area contributed by atoms with E-state index in [1.54, 1.807) is 0 Å². The van der Waals surface area contributed by atoms with E-state index >= 15 is 0 Å². The standard InChI is InChI=1S/C21H36N2O2.C4H4F3NO2/c1-8-25-21(24)11-17(6)18-9-10-20(19(12-18)22-7)23(13-15(2)3)14-16(4)5;5-4(6,7)3(10)8-1-2-9/h9-10,12,15-17,22H,8,11,13-14H2,1-7H3;2H,1H2,(H,8,10). The SMILES string of the molecule is CCOC(=O)CC(C)c1ccc(N(CC(C)C)CC(C)C)c(NC)c1.O=CCNC(=O)C(F)(F)F. The average Bonchev–Trinajstić information content (AvgIpc) is 2.75. The number of hydrogen-bond acceptors (Lipinski definition) is 6. The van der Waals surface area contributed by atoms with Crippen molar-refractivity contribution in [3.8, 4) is 0 Å². The lowest BCUT2D eigenvalue weighted by atomic mass is 9.96. The van der Waals surface area contributed by atoms with Crippen LogP contribution in [0.4, 0.5) is 24.5 Å². The van der Waals surface area contributed by atoms with Crippen molar-refractivity contribution in [3.05, 3.63) is 23.8 Å². The van der Waals surface area contributed by atoms with Gasteiger partial charge in [0.2, 0.25) is 0 Å². The zero-order valence-electron chi connectivity index (χ0n) is 21.8. The number of carbonyl (C=O) groups is 3. The summed E-state index contributed by atoms with van der Waals surface area (Å²) in [6, 6.07) is 6.51. The Morgan fingerprint density at radius 2 is 1.66 bits per heavy atom. The molecule has 0 saturated heterocycles. The largest absolute Gasteiger partial charge is 0.471 e. The molecule has 0 aromatic heterocycles. The van der Waals surface area contributed by atoms with Crippen LogP contribution in [0.1, 0.15) is 59.4 Å². The van der Waals surface area contributed by atoms with Crippen molar-refractivity contribution in [2.45, 2.75) is 60.1 Å². The molecule has 1 aromatic carbocycles. The highest BCUT2D eigenvalue weighted by molar-refractivity contribution is 5.83. The second-order valence-electron chi connectivity index (χ2n) is 9.00. The van der Waals surface area contributed by atoms with Crippen LogP contribution in [0.5, 0.6) is 0 Å². The number of carbonyl (C=O) groups excluding carboxylic acids is 3. The second-order valence-corrected chi connectivity index (χ2v) is 9.00. The molecule has 0 radical (unpaired) electrons. The molecule has 200 valence electrons. The topological polar surface area (TPSA) is 87.7 Å². The number of aldehydes is 1. The molecule has 0 aliphatic rings. The third-order valence-corrected chi connectivity index (χ3v) is 4.75. The van der Waals surface area contributed by atoms with Gasteiger partial charge in [-0.3, -0.25) is 9.59 Å². The molecule has 0 aliphatic carbocycles. The molecule has 0 bridgehead atoms. The number of anilines is 2. The minimum atomic E-state index is -4.90. The number of ether oxygens (including phenoxy) is 1. The van der Waals surface area contributed by atoms with Gasteiger partial charge in [0.25, 0.3) is 0 Å². The molecule has 1 rings (SSSR count). The Kier molecular flexibility index (Phi) is 14.7. The first-order valence-corrected chi connectivity index (χ1v) is 11.8. The molecule has 7 nitrogen and oxygen atoms in total. The summed E-state index contributed by atoms with van der Waals surface area (Å²) >= 11 is 0. The lowest BCUT2D eigenvalue weighted by Gasteiger charge is -2.31. The van der Waals surface area contributed by atoms with Crippen molar-refractivity contribution < 1.29 is 32.3 Å². The molecule has 2 N–H and O–H groups in total. The Bertz CT molecular complexity index is 789. The number of esters is 1. The van der Waals surface area contributed by atoms with Gasteiger partial charge < -0.3 is 25.1 Å². The lowest BCUT2D eigenvalue weighted by Crippen LogP contribution is -2.37. The molecular formula is C25H40F3N3O4. The maximum Gasteiger partial charge on any atom is 0.471 e. The van der Waals surface area contributed by atoms with Gasteiger partial charge in [-0.15, -0.1) is 0 Å². The van der Waals surface area contributed by atoms with Crippen molar-refractivity contribution in [1.29, 1.82) is 0 Å². The minimum absolute atomic E-state index is 0.133. The van der Waals surface area contributed by atoms with Gasteiger partial charge in [-0.25, -0.2) is 0 Å². The number of nitrogens with zero attached hydrogens (tertiary/aromatic N) is 1. The predicted octanol–water partition coefficient (Wildman–Crippen LogP) is 4.77. The second kappa shape index (κ2) is 16.0. The van der Waals surface area contributed by atoms with E-state index < -0.39 is 18.6 Å². The minimum Gasteiger partial charge on any atom is -0.466 e. The molecule has 0 aliphatic heterocycles. The van der Waals surface area contributed by atoms with Gasteiger partial charge >= 0.3 is 18.1 Å². The van der Waals surface area contributed by atoms with Gasteiger partial charge in [-0.2, -0.15) is 13.2 Å². The third-order valence-electron chi connectivity index (χ3n) is 4.75. The third kappa shape index (κ3) is 13.0. The highest BCUT2D eigenvalue weighted by Crippen LogP contribution is 2.32. The van der Waals surface area contributed by atoms with E-state index in [2.05, 4.69) is 63.0 Å². The molecule has 1 aromatic rings. The molecule has 1 unspecified atom stereocenters. The number of hydrogen-bond donors (Lipinski definition) is 2. The number of alkyl halides is 3. The van der Waals surface area contributed by atoms with Crippen molar-refractivity contribution in [2.75, 3.05) is 43.5 Å². The first-order chi connectivity index (χ1) is 16.3. The van der Waals surface area contributed by atoms with Crippen LogP contribution in [0.25, 0.3) is 0 Å². The average molecular weight is 504 g/mol. The molecule has 35 heavy (non-hydrogen) atoms. The van der Waals surface area contributed by atoms with Gasteiger partial charge in [0.1, 0.15) is 6.29 Å². The van der Waals surface area contributed by atoms with Gasteiger partial charge in [-0.1, -0.05) is 40.7 Å². The fourth-order valence-corrected chi connectivity index (χ4v) is 3.31. The van der Waals surface area contributed by atoms with Crippen molar-refractivity contribution in [3.63, 3.8) is 0 Å². The highest BCUT2D eigenvalue weighted by Gasteiger charge is 2.38. The van der Waals surface area contributed by atoms with E-state index in [0.717, 1.165) is 24.3 Å². The van der Waals surface area contributed by atoms with Crippen LogP contribution in [0.2, 0.25) is 0 Å². The number of rotatable bonds is 12. The van der Waals surface area contributed by atoms with Gasteiger partial charge in [-0.05, 0) is 42.4 Å². The van der Waals surface area contributed by atoms with Crippen LogP contribution in [-0.2, 0) is 19.1 Å². The Morgan fingerprint density at radius 1 is 1.09 bits per heavy atom. The van der Waals surface area contributed by atoms with Crippen molar-refractivity contribution in [1.82, 2.24) is 5.32 Å². The molecular weight excluding hydrogens is 463 g/mol. The zero-order valence-corrected chi connectivity index (χ0v) is 21.8. The van der Waals surface area contributed by atoms with Gasteiger partial charge in [0.15, 0.2) is 0 Å². The molecule has 1 atom stereocenters. The van der Waals surface area contributed by atoms with Crippen LogP contribution in [0.15, 0.2) is 18.2 Å². The fraction of sp³-hybridized carbons (Fsp3) is 0.640. The summed E-state index contributed by atoms with van der Waals surface area (Å²) in [5.74, 6) is -0.883. The summed E-state index contributed by atoms with van der Waals surface area (Å²) < 4.78 is 38.8. The van der Waals surface area contributed by atoms with Gasteiger partial charge in [0.05, 0.1) is 30.9 Å². The monoisotopic (exact) mass is 503 g/mol. The normalized spacial score (nSPS) is 11.9. The quantitative estimate of drug-likeness (QED) is 0.316. The molecule has 0 saturated carbocycles. The summed E-state index contributed by atoms with van der Waals surface area (Å²) in [5, 5.41) is 4.68. The number of nitrogens with one attached hydrogen (secondary N) is 2. The van der Waals surface area contributed by atoms with Crippen LogP contribution in [0.3, 0.4) is 0 Å². The predicted molar refractivity (Wildman–Crippen MR) is 133 cm³/mol. The fourth-order valence-electron chi connectivity index (χ4n) is 3.31. The van der Waals surface area contributed by atoms with Crippen LogP contribution in [0, 0.1) is 11.8 Å². The van der Waals surface area contributed by atoms with Gasteiger partial charge in [0, 0.05) is 20.1 Å². The van der Waals surface area contributed by atoms with Crippen molar-refractivity contribution in [2.24, 2.45) is 11.8 Å². The Hall–Kier alpha value is -2.78. The van der Waals surface area contributed by atoms with Crippen molar-refractivity contribution >= 4 is 29.5 Å². The smallest absolute Gasteiger partial charge is 0.466 e.